The highest BCUT2D eigenvalue weighted by Crippen LogP contribution is 2.32. The molecular weight excluding hydrogens is 475 g/mol. The van der Waals surface area contributed by atoms with E-state index in [0.29, 0.717) is 43.3 Å². The molecule has 0 aromatic heterocycles. The van der Waals surface area contributed by atoms with E-state index in [0.717, 1.165) is 13.0 Å². The van der Waals surface area contributed by atoms with Crippen LogP contribution in [-0.4, -0.2) is 82.7 Å². The van der Waals surface area contributed by atoms with E-state index in [4.69, 9.17) is 20.7 Å². The third kappa shape index (κ3) is 7.30. The van der Waals surface area contributed by atoms with Crippen molar-refractivity contribution in [1.29, 1.82) is 0 Å². The van der Waals surface area contributed by atoms with Crippen molar-refractivity contribution in [3.05, 3.63) is 59.6 Å². The fourth-order valence-electron chi connectivity index (χ4n) is 3.78. The first-order chi connectivity index (χ1) is 16.4. The molecule has 1 aromatic carbocycles. The molecule has 2 fully saturated rings. The summed E-state index contributed by atoms with van der Waals surface area (Å²) in [6.07, 6.45) is 4.65. The van der Waals surface area contributed by atoms with Gasteiger partial charge in [0.15, 0.2) is 17.4 Å². The van der Waals surface area contributed by atoms with Gasteiger partial charge in [0.2, 0.25) is 0 Å². The maximum atomic E-state index is 13.7. The van der Waals surface area contributed by atoms with Crippen LogP contribution in [0.5, 0.6) is 0 Å². The van der Waals surface area contributed by atoms with E-state index in [9.17, 15) is 32.3 Å². The molecule has 10 nitrogen and oxygen atoms in total. The molecule has 0 unspecified atom stereocenters. The number of carbonyl (C=O) groups is 4. The number of ether oxygens (including phenoxy) is 1. The van der Waals surface area contributed by atoms with Crippen LogP contribution in [0.4, 0.5) is 18.0 Å². The predicted molar refractivity (Wildman–Crippen MR) is 115 cm³/mol. The molecule has 0 bridgehead atoms. The van der Waals surface area contributed by atoms with Gasteiger partial charge in [-0.05, 0) is 24.8 Å². The van der Waals surface area contributed by atoms with Gasteiger partial charge in [0.1, 0.15) is 5.82 Å². The number of benzene rings is 1. The molecule has 1 aromatic rings. The first kappa shape index (κ1) is 27.4. The number of amides is 1. The number of carboxylic acid groups (broad SMARTS) is 2. The molecule has 2 aliphatic rings. The Bertz CT molecular complexity index is 1030. The van der Waals surface area contributed by atoms with Gasteiger partial charge in [0, 0.05) is 43.8 Å². The monoisotopic (exact) mass is 499 g/mol. The molecule has 3 rings (SSSR count). The second-order valence-corrected chi connectivity index (χ2v) is 7.72. The van der Waals surface area contributed by atoms with Crippen molar-refractivity contribution in [3.63, 3.8) is 0 Å². The number of ketones is 1. The average molecular weight is 499 g/mol. The lowest BCUT2D eigenvalue weighted by molar-refractivity contribution is -0.134. The molecule has 0 radical (unpaired) electrons. The summed E-state index contributed by atoms with van der Waals surface area (Å²) in [5.74, 6) is -6.90. The van der Waals surface area contributed by atoms with E-state index in [-0.39, 0.29) is 12.1 Å². The number of aliphatic carboxylic acids is 2. The SMILES string of the molecule is COC(=O)N1C[C@@H]2CCN(C=C[C@@H](N)C(=O)c3cc(F)c(F)cc3F)[C@@H]2C1.O=C(O)/C=C/C(=O)O. The van der Waals surface area contributed by atoms with Crippen LogP contribution in [0.1, 0.15) is 16.8 Å². The number of likely N-dealkylation sites (tertiary alicyclic amines) is 2. The van der Waals surface area contributed by atoms with Crippen molar-refractivity contribution in [3.8, 4) is 0 Å². The summed E-state index contributed by atoms with van der Waals surface area (Å²) in [6.45, 7) is 1.84. The number of carboxylic acids is 2. The summed E-state index contributed by atoms with van der Waals surface area (Å²) in [4.78, 5) is 46.6. The Morgan fingerprint density at radius 1 is 1.06 bits per heavy atom. The number of halogens is 3. The molecule has 2 saturated heterocycles. The number of Topliss-reactive ketones (excluding diaryl/α,β-unsaturated/α-hetero) is 1. The van der Waals surface area contributed by atoms with Crippen molar-refractivity contribution in [1.82, 2.24) is 9.80 Å². The van der Waals surface area contributed by atoms with Gasteiger partial charge in [-0.2, -0.15) is 0 Å². The number of nitrogens with zero attached hydrogens (tertiary/aromatic N) is 2. The maximum Gasteiger partial charge on any atom is 0.409 e. The van der Waals surface area contributed by atoms with Crippen molar-refractivity contribution in [2.75, 3.05) is 26.7 Å². The molecule has 13 heteroatoms. The minimum absolute atomic E-state index is 0.0858. The normalized spacial score (nSPS) is 19.9. The van der Waals surface area contributed by atoms with E-state index in [1.807, 2.05) is 4.90 Å². The molecule has 0 spiro atoms. The lowest BCUT2D eigenvalue weighted by atomic mass is 10.0. The lowest BCUT2D eigenvalue weighted by Crippen LogP contribution is -2.35. The molecule has 2 aliphatic heterocycles. The van der Waals surface area contributed by atoms with E-state index in [1.54, 1.807) is 11.1 Å². The van der Waals surface area contributed by atoms with Crippen LogP contribution in [0.25, 0.3) is 0 Å². The molecule has 4 N–H and O–H groups in total. The molecule has 0 saturated carbocycles. The van der Waals surface area contributed by atoms with Crippen LogP contribution >= 0.6 is 0 Å². The minimum atomic E-state index is -1.37. The second kappa shape index (κ2) is 12.0. The van der Waals surface area contributed by atoms with Crippen LogP contribution in [-0.2, 0) is 14.3 Å². The highest BCUT2D eigenvalue weighted by Gasteiger charge is 2.42. The molecule has 190 valence electrons. The summed E-state index contributed by atoms with van der Waals surface area (Å²) >= 11 is 0. The van der Waals surface area contributed by atoms with Crippen LogP contribution in [0.15, 0.2) is 36.6 Å². The largest absolute Gasteiger partial charge is 0.478 e. The Hall–Kier alpha value is -3.87. The highest BCUT2D eigenvalue weighted by atomic mass is 19.2. The standard InChI is InChI=1S/C18H20F3N3O3.C4H4O4/c1-27-18(26)24-8-10-2-4-23(16(10)9-24)5-3-15(22)17(25)11-6-13(20)14(21)7-12(11)19;5-3(6)1-2-4(7)8/h3,5-7,10,15-16H,2,4,8-9,22H2,1H3;1-2H,(H,5,6)(H,7,8)/b;2-1+/t10-,15+,16+;/m0./s1. The lowest BCUT2D eigenvalue weighted by Gasteiger charge is -2.23. The molecule has 0 aliphatic carbocycles. The summed E-state index contributed by atoms with van der Waals surface area (Å²) < 4.78 is 44.8. The Morgan fingerprint density at radius 3 is 2.23 bits per heavy atom. The topological polar surface area (TPSA) is 150 Å². The Kier molecular flexibility index (Phi) is 9.40. The predicted octanol–water partition coefficient (Wildman–Crippen LogP) is 1.61. The van der Waals surface area contributed by atoms with Crippen LogP contribution < -0.4 is 5.73 Å². The van der Waals surface area contributed by atoms with Crippen LogP contribution in [0.2, 0.25) is 0 Å². The van der Waals surface area contributed by atoms with E-state index >= 15 is 0 Å². The number of hydrogen-bond donors (Lipinski definition) is 3. The van der Waals surface area contributed by atoms with Gasteiger partial charge in [-0.1, -0.05) is 0 Å². The summed E-state index contributed by atoms with van der Waals surface area (Å²) in [7, 11) is 1.33. The number of rotatable bonds is 6. The molecule has 2 heterocycles. The minimum Gasteiger partial charge on any atom is -0.478 e. The van der Waals surface area contributed by atoms with Crippen molar-refractivity contribution in [2.45, 2.75) is 18.5 Å². The zero-order chi connectivity index (χ0) is 26.3. The number of nitrogens with two attached hydrogens (primary N) is 1. The third-order valence-corrected chi connectivity index (χ3v) is 5.45. The van der Waals surface area contributed by atoms with Gasteiger partial charge in [0.05, 0.1) is 24.8 Å². The van der Waals surface area contributed by atoms with Gasteiger partial charge in [-0.15, -0.1) is 0 Å². The van der Waals surface area contributed by atoms with Crippen molar-refractivity contribution >= 4 is 23.8 Å². The van der Waals surface area contributed by atoms with Crippen LogP contribution in [0, 0.1) is 23.4 Å². The fourth-order valence-corrected chi connectivity index (χ4v) is 3.78. The number of fused-ring (bicyclic) bond motifs is 1. The average Bonchev–Trinajstić information content (AvgIpc) is 3.39. The quantitative estimate of drug-likeness (QED) is 0.301. The smallest absolute Gasteiger partial charge is 0.409 e. The fraction of sp³-hybridized carbons (Fsp3) is 0.364. The Morgan fingerprint density at radius 2 is 1.66 bits per heavy atom. The second-order valence-electron chi connectivity index (χ2n) is 7.72. The Labute approximate surface area is 198 Å². The molecule has 3 atom stereocenters. The van der Waals surface area contributed by atoms with Crippen LogP contribution in [0.3, 0.4) is 0 Å². The highest BCUT2D eigenvalue weighted by molar-refractivity contribution is 6.01. The third-order valence-electron chi connectivity index (χ3n) is 5.45. The van der Waals surface area contributed by atoms with E-state index in [2.05, 4.69) is 0 Å². The van der Waals surface area contributed by atoms with Crippen molar-refractivity contribution in [2.24, 2.45) is 11.7 Å². The van der Waals surface area contributed by atoms with Gasteiger partial charge in [-0.25, -0.2) is 27.6 Å². The van der Waals surface area contributed by atoms with Gasteiger partial charge in [0.25, 0.3) is 0 Å². The zero-order valence-corrected chi connectivity index (χ0v) is 18.6. The van der Waals surface area contributed by atoms with E-state index < -0.39 is 46.8 Å². The Balaban J connectivity index is 0.000000466. The van der Waals surface area contributed by atoms with E-state index in [1.165, 1.54) is 13.2 Å². The number of carbonyl (C=O) groups excluding carboxylic acids is 2. The molecule has 35 heavy (non-hydrogen) atoms. The van der Waals surface area contributed by atoms with Gasteiger partial charge < -0.3 is 30.5 Å². The van der Waals surface area contributed by atoms with Crippen molar-refractivity contribution < 1.29 is 47.3 Å². The van der Waals surface area contributed by atoms with Gasteiger partial charge in [-0.3, -0.25) is 4.79 Å². The summed E-state index contributed by atoms with van der Waals surface area (Å²) in [6, 6.07) is -0.286. The zero-order valence-electron chi connectivity index (χ0n) is 18.6. The number of methoxy groups -OCH3 is 1. The summed E-state index contributed by atoms with van der Waals surface area (Å²) in [5, 5.41) is 15.6. The first-order valence-electron chi connectivity index (χ1n) is 10.3. The maximum absolute atomic E-state index is 13.7. The molecule has 1 amide bonds. The summed E-state index contributed by atoms with van der Waals surface area (Å²) in [5.41, 5.74) is 5.19. The molecular formula is C22H24F3N3O7. The van der Waals surface area contributed by atoms with Gasteiger partial charge >= 0.3 is 18.0 Å². The number of hydrogen-bond acceptors (Lipinski definition) is 7. The first-order valence-corrected chi connectivity index (χ1v) is 10.3.